The van der Waals surface area contributed by atoms with Crippen molar-refractivity contribution in [1.29, 1.82) is 0 Å². The monoisotopic (exact) mass is 266 g/mol. The molecule has 5 heteroatoms. The molecule has 1 aliphatic rings. The maximum absolute atomic E-state index is 11.1. The zero-order chi connectivity index (χ0) is 8.43. The van der Waals surface area contributed by atoms with Gasteiger partial charge in [0.25, 0.3) is 11.8 Å². The van der Waals surface area contributed by atoms with Crippen LogP contribution in [0.1, 0.15) is 0 Å². The Hall–Kier alpha value is -0.430. The molecule has 0 atom stereocenters. The van der Waals surface area contributed by atoms with Crippen molar-refractivity contribution in [3.8, 4) is 0 Å². The summed E-state index contributed by atoms with van der Waals surface area (Å²) in [7, 11) is 0. The first kappa shape index (κ1) is 8.66. The second-order valence-electron chi connectivity index (χ2n) is 2.08. The van der Waals surface area contributed by atoms with E-state index in [0.29, 0.717) is 16.7 Å². The van der Waals surface area contributed by atoms with E-state index >= 15 is 0 Å². The number of hydrogen-bond acceptors (Lipinski definition) is 3. The smallest absolute Gasteiger partial charge is 0.267 e. The van der Waals surface area contributed by atoms with Crippen LogP contribution in [0, 0.1) is 0 Å². The SMILES string of the molecule is NCCN1C(=O)C=C(I)C1=O. The summed E-state index contributed by atoms with van der Waals surface area (Å²) < 4.78 is 0.459. The molecule has 11 heavy (non-hydrogen) atoms. The highest BCUT2D eigenvalue weighted by Crippen LogP contribution is 2.17. The zero-order valence-electron chi connectivity index (χ0n) is 5.71. The van der Waals surface area contributed by atoms with Crippen LogP contribution in [0.4, 0.5) is 0 Å². The van der Waals surface area contributed by atoms with Crippen LogP contribution < -0.4 is 5.73 Å². The van der Waals surface area contributed by atoms with Gasteiger partial charge < -0.3 is 5.73 Å². The fourth-order valence-electron chi connectivity index (χ4n) is 0.818. The van der Waals surface area contributed by atoms with Crippen molar-refractivity contribution in [2.45, 2.75) is 0 Å². The van der Waals surface area contributed by atoms with Crippen molar-refractivity contribution in [2.75, 3.05) is 13.1 Å². The van der Waals surface area contributed by atoms with Gasteiger partial charge in [-0.2, -0.15) is 0 Å². The second-order valence-corrected chi connectivity index (χ2v) is 3.24. The van der Waals surface area contributed by atoms with E-state index in [4.69, 9.17) is 5.73 Å². The molecule has 60 valence electrons. The zero-order valence-corrected chi connectivity index (χ0v) is 7.87. The van der Waals surface area contributed by atoms with Crippen LogP contribution in [0.15, 0.2) is 9.66 Å². The number of halogens is 1. The molecule has 1 rings (SSSR count). The molecule has 0 saturated carbocycles. The van der Waals surface area contributed by atoms with E-state index in [1.54, 1.807) is 0 Å². The highest BCUT2D eigenvalue weighted by Gasteiger charge is 2.28. The lowest BCUT2D eigenvalue weighted by Crippen LogP contribution is -2.34. The lowest BCUT2D eigenvalue weighted by molar-refractivity contribution is -0.136. The number of hydrogen-bond donors (Lipinski definition) is 1. The van der Waals surface area contributed by atoms with Gasteiger partial charge in [-0.25, -0.2) is 0 Å². The van der Waals surface area contributed by atoms with Gasteiger partial charge in [-0.3, -0.25) is 14.5 Å². The van der Waals surface area contributed by atoms with Gasteiger partial charge in [0.05, 0.1) is 3.58 Å². The van der Waals surface area contributed by atoms with Gasteiger partial charge in [-0.15, -0.1) is 0 Å². The van der Waals surface area contributed by atoms with Gasteiger partial charge in [0.2, 0.25) is 0 Å². The summed E-state index contributed by atoms with van der Waals surface area (Å²) >= 11 is 1.84. The van der Waals surface area contributed by atoms with E-state index in [1.165, 1.54) is 6.08 Å². The average Bonchev–Trinajstić information content (AvgIpc) is 2.17. The molecule has 1 heterocycles. The second kappa shape index (κ2) is 3.31. The quantitative estimate of drug-likeness (QED) is 0.548. The standard InChI is InChI=1S/C6H7IN2O2/c7-4-3-5(10)9(2-1-8)6(4)11/h3H,1-2,8H2. The largest absolute Gasteiger partial charge is 0.329 e. The molecule has 0 saturated heterocycles. The number of carbonyl (C=O) groups excluding carboxylic acids is 2. The number of imide groups is 1. The van der Waals surface area contributed by atoms with Gasteiger partial charge in [-0.1, -0.05) is 0 Å². The summed E-state index contributed by atoms with van der Waals surface area (Å²) in [6.45, 7) is 0.621. The molecule has 0 aromatic carbocycles. The molecule has 2 amide bonds. The summed E-state index contributed by atoms with van der Waals surface area (Å²) in [6.07, 6.45) is 1.32. The summed E-state index contributed by atoms with van der Waals surface area (Å²) in [5.74, 6) is -0.495. The Morgan fingerprint density at radius 1 is 1.55 bits per heavy atom. The third-order valence-electron chi connectivity index (χ3n) is 1.32. The van der Waals surface area contributed by atoms with E-state index in [0.717, 1.165) is 4.90 Å². The molecule has 0 unspecified atom stereocenters. The minimum absolute atomic E-state index is 0.235. The van der Waals surface area contributed by atoms with Crippen molar-refractivity contribution < 1.29 is 9.59 Å². The first-order chi connectivity index (χ1) is 5.16. The predicted molar refractivity (Wildman–Crippen MR) is 47.9 cm³/mol. The maximum Gasteiger partial charge on any atom is 0.267 e. The highest BCUT2D eigenvalue weighted by molar-refractivity contribution is 14.1. The Morgan fingerprint density at radius 2 is 2.18 bits per heavy atom. The van der Waals surface area contributed by atoms with Crippen LogP contribution in [-0.2, 0) is 9.59 Å². The molecular weight excluding hydrogens is 259 g/mol. The van der Waals surface area contributed by atoms with Gasteiger partial charge in [0.1, 0.15) is 0 Å². The van der Waals surface area contributed by atoms with E-state index in [1.807, 2.05) is 22.6 Å². The number of carbonyl (C=O) groups is 2. The fraction of sp³-hybridized carbons (Fsp3) is 0.333. The van der Waals surface area contributed by atoms with Gasteiger partial charge in [0, 0.05) is 19.2 Å². The lowest BCUT2D eigenvalue weighted by atomic mass is 10.5. The van der Waals surface area contributed by atoms with Crippen LogP contribution in [0.5, 0.6) is 0 Å². The van der Waals surface area contributed by atoms with Crippen molar-refractivity contribution in [3.05, 3.63) is 9.66 Å². The summed E-state index contributed by atoms with van der Waals surface area (Å²) in [4.78, 5) is 23.2. The van der Waals surface area contributed by atoms with E-state index < -0.39 is 0 Å². The molecule has 0 bridgehead atoms. The normalized spacial score (nSPS) is 17.6. The summed E-state index contributed by atoms with van der Waals surface area (Å²) in [6, 6.07) is 0. The molecule has 0 aliphatic carbocycles. The number of nitrogens with zero attached hydrogens (tertiary/aromatic N) is 1. The summed E-state index contributed by atoms with van der Waals surface area (Å²) in [5.41, 5.74) is 5.21. The minimum Gasteiger partial charge on any atom is -0.329 e. The Labute approximate surface area is 77.6 Å². The summed E-state index contributed by atoms with van der Waals surface area (Å²) in [5, 5.41) is 0. The molecule has 2 N–H and O–H groups in total. The fourth-order valence-corrected chi connectivity index (χ4v) is 1.38. The van der Waals surface area contributed by atoms with Gasteiger partial charge in [0.15, 0.2) is 0 Å². The van der Waals surface area contributed by atoms with E-state index in [9.17, 15) is 9.59 Å². The number of nitrogens with two attached hydrogens (primary N) is 1. The topological polar surface area (TPSA) is 63.4 Å². The number of rotatable bonds is 2. The molecule has 0 aromatic rings. The molecule has 0 radical (unpaired) electrons. The van der Waals surface area contributed by atoms with Crippen molar-refractivity contribution in [3.63, 3.8) is 0 Å². The Morgan fingerprint density at radius 3 is 2.55 bits per heavy atom. The Kier molecular flexibility index (Phi) is 2.61. The van der Waals surface area contributed by atoms with Crippen molar-refractivity contribution in [2.24, 2.45) is 5.73 Å². The Bertz CT molecular complexity index is 237. The lowest BCUT2D eigenvalue weighted by Gasteiger charge is -2.11. The first-order valence-corrected chi connectivity index (χ1v) is 4.18. The van der Waals surface area contributed by atoms with Gasteiger partial charge >= 0.3 is 0 Å². The molecule has 4 nitrogen and oxygen atoms in total. The third kappa shape index (κ3) is 1.59. The minimum atomic E-state index is -0.259. The van der Waals surface area contributed by atoms with Gasteiger partial charge in [-0.05, 0) is 22.6 Å². The van der Waals surface area contributed by atoms with Crippen LogP contribution in [-0.4, -0.2) is 29.8 Å². The molecular formula is C6H7IN2O2. The van der Waals surface area contributed by atoms with Crippen molar-refractivity contribution >= 4 is 34.4 Å². The third-order valence-corrected chi connectivity index (χ3v) is 2.09. The predicted octanol–water partition coefficient (Wildman–Crippen LogP) is -0.367. The van der Waals surface area contributed by atoms with Crippen LogP contribution in [0.2, 0.25) is 0 Å². The molecule has 0 spiro atoms. The molecule has 1 aliphatic heterocycles. The Balaban J connectivity index is 2.73. The van der Waals surface area contributed by atoms with Crippen LogP contribution in [0.25, 0.3) is 0 Å². The van der Waals surface area contributed by atoms with Crippen molar-refractivity contribution in [1.82, 2.24) is 4.90 Å². The highest BCUT2D eigenvalue weighted by atomic mass is 127. The van der Waals surface area contributed by atoms with E-state index in [2.05, 4.69) is 0 Å². The number of amides is 2. The first-order valence-electron chi connectivity index (χ1n) is 3.10. The van der Waals surface area contributed by atoms with E-state index in [-0.39, 0.29) is 11.8 Å². The maximum atomic E-state index is 11.1. The molecule has 0 fully saturated rings. The average molecular weight is 266 g/mol. The van der Waals surface area contributed by atoms with Crippen LogP contribution in [0.3, 0.4) is 0 Å². The van der Waals surface area contributed by atoms with Crippen LogP contribution >= 0.6 is 22.6 Å². The molecule has 0 aromatic heterocycles.